The monoisotopic (exact) mass is 445 g/mol. The average Bonchev–Trinajstić information content (AvgIpc) is 3.02. The van der Waals surface area contributed by atoms with Crippen molar-refractivity contribution in [3.8, 4) is 0 Å². The molecule has 2 aromatic rings. The Labute approximate surface area is 186 Å². The maximum atomic E-state index is 11.9. The van der Waals surface area contributed by atoms with Gasteiger partial charge in [0.2, 0.25) is 5.91 Å². The van der Waals surface area contributed by atoms with E-state index in [1.54, 1.807) is 0 Å². The Morgan fingerprint density at radius 1 is 1.38 bits per heavy atom. The van der Waals surface area contributed by atoms with Gasteiger partial charge in [0, 0.05) is 37.9 Å². The number of aliphatic hydroxyl groups is 2. The van der Waals surface area contributed by atoms with Gasteiger partial charge in [0.1, 0.15) is 11.6 Å². The first-order valence-corrected chi connectivity index (χ1v) is 10.8. The minimum atomic E-state index is -0.471. The van der Waals surface area contributed by atoms with Crippen LogP contribution in [0.25, 0.3) is 0 Å². The van der Waals surface area contributed by atoms with Gasteiger partial charge in [0.25, 0.3) is 6.47 Å². The Hall–Kier alpha value is -2.82. The van der Waals surface area contributed by atoms with Gasteiger partial charge in [-0.15, -0.1) is 0 Å². The molecule has 1 aromatic heterocycles. The maximum absolute atomic E-state index is 11.9. The number of hydrogen-bond donors (Lipinski definition) is 5. The summed E-state index contributed by atoms with van der Waals surface area (Å²) >= 11 is 0. The Morgan fingerprint density at radius 2 is 2.09 bits per heavy atom. The molecule has 1 saturated heterocycles. The number of H-pyrrole nitrogens is 1. The number of likely N-dealkylation sites (tertiary alicyclic amines) is 1. The minimum Gasteiger partial charge on any atom is -0.483 e. The molecule has 4 atom stereocenters. The van der Waals surface area contributed by atoms with Crippen LogP contribution in [0.2, 0.25) is 0 Å². The number of β-amino-alcohol motifs (C(OH)–C–C–N with tert-alkyl or cyclic N) is 1. The molecule has 1 aromatic carbocycles. The van der Waals surface area contributed by atoms with Crippen molar-refractivity contribution in [3.05, 3.63) is 47.5 Å². The number of aromatic amines is 1. The molecule has 1 aliphatic carbocycles. The first-order chi connectivity index (χ1) is 15.5. The summed E-state index contributed by atoms with van der Waals surface area (Å²) in [7, 11) is 0. The summed E-state index contributed by atoms with van der Waals surface area (Å²) < 4.78 is 0. The van der Waals surface area contributed by atoms with Crippen molar-refractivity contribution in [2.24, 2.45) is 11.3 Å². The largest absolute Gasteiger partial charge is 0.483 e. The molecule has 174 valence electrons. The van der Waals surface area contributed by atoms with Crippen LogP contribution in [-0.4, -0.2) is 80.1 Å². The van der Waals surface area contributed by atoms with Gasteiger partial charge < -0.3 is 20.6 Å². The third-order valence-corrected chi connectivity index (χ3v) is 6.40. The van der Waals surface area contributed by atoms with Crippen molar-refractivity contribution < 1.29 is 24.9 Å². The summed E-state index contributed by atoms with van der Waals surface area (Å²) in [6.07, 6.45) is 0.422. The van der Waals surface area contributed by atoms with Gasteiger partial charge in [-0.2, -0.15) is 5.10 Å². The second-order valence-electron chi connectivity index (χ2n) is 8.23. The molecular formula is C22H31N5O5. The van der Waals surface area contributed by atoms with Crippen molar-refractivity contribution in [2.75, 3.05) is 26.2 Å². The van der Waals surface area contributed by atoms with Gasteiger partial charge in [-0.1, -0.05) is 37.3 Å². The number of nitrogens with one attached hydrogen (secondary N) is 2. The van der Waals surface area contributed by atoms with Gasteiger partial charge in [-0.25, -0.2) is 4.98 Å². The lowest BCUT2D eigenvalue weighted by Gasteiger charge is -2.16. The summed E-state index contributed by atoms with van der Waals surface area (Å²) in [5.41, 5.74) is 0.921. The fourth-order valence-corrected chi connectivity index (χ4v) is 5.00. The van der Waals surface area contributed by atoms with E-state index in [-0.39, 0.29) is 42.7 Å². The molecule has 10 heteroatoms. The van der Waals surface area contributed by atoms with Crippen LogP contribution in [0.1, 0.15) is 36.5 Å². The van der Waals surface area contributed by atoms with E-state index in [1.165, 1.54) is 5.56 Å². The van der Waals surface area contributed by atoms with Crippen LogP contribution in [0.15, 0.2) is 30.3 Å². The van der Waals surface area contributed by atoms with E-state index < -0.39 is 6.10 Å². The highest BCUT2D eigenvalue weighted by molar-refractivity contribution is 5.76. The number of hydrogen-bond acceptors (Lipinski definition) is 7. The molecule has 1 amide bonds. The van der Waals surface area contributed by atoms with E-state index in [2.05, 4.69) is 37.5 Å². The lowest BCUT2D eigenvalue weighted by Crippen LogP contribution is -2.30. The molecule has 1 aliphatic heterocycles. The molecule has 2 heterocycles. The number of rotatable bonds is 8. The molecule has 0 unspecified atom stereocenters. The lowest BCUT2D eigenvalue weighted by atomic mass is 9.95. The average molecular weight is 446 g/mol. The molecule has 10 nitrogen and oxygen atoms in total. The predicted octanol–water partition coefficient (Wildman–Crippen LogP) is 0.143. The highest BCUT2D eigenvalue weighted by atomic mass is 16.3. The first-order valence-electron chi connectivity index (χ1n) is 10.8. The fraction of sp³-hybridized carbons (Fsp3) is 0.545. The molecular weight excluding hydrogens is 414 g/mol. The van der Waals surface area contributed by atoms with Crippen LogP contribution < -0.4 is 5.32 Å². The van der Waals surface area contributed by atoms with Crippen LogP contribution >= 0.6 is 0 Å². The number of benzene rings is 1. The summed E-state index contributed by atoms with van der Waals surface area (Å²) in [5, 5.41) is 37.0. The summed E-state index contributed by atoms with van der Waals surface area (Å²) in [4.78, 5) is 26.9. The number of amides is 1. The summed E-state index contributed by atoms with van der Waals surface area (Å²) in [6.45, 7) is 4.06. The van der Waals surface area contributed by atoms with Gasteiger partial charge in [0.15, 0.2) is 0 Å². The molecule has 4 rings (SSSR count). The zero-order valence-electron chi connectivity index (χ0n) is 18.1. The van der Waals surface area contributed by atoms with Crippen LogP contribution in [0, 0.1) is 11.3 Å². The minimum absolute atomic E-state index is 0.107. The number of aryl methyl sites for hydroxylation is 1. The number of aromatic nitrogens is 3. The van der Waals surface area contributed by atoms with Crippen LogP contribution in [0.3, 0.4) is 0 Å². The van der Waals surface area contributed by atoms with Crippen LogP contribution in [0.5, 0.6) is 0 Å². The van der Waals surface area contributed by atoms with Crippen molar-refractivity contribution in [1.82, 2.24) is 25.4 Å². The molecule has 2 aliphatic rings. The lowest BCUT2D eigenvalue weighted by molar-refractivity contribution is -0.123. The van der Waals surface area contributed by atoms with E-state index in [1.807, 2.05) is 25.1 Å². The molecule has 32 heavy (non-hydrogen) atoms. The second-order valence-corrected chi connectivity index (χ2v) is 8.23. The molecule has 1 saturated carbocycles. The van der Waals surface area contributed by atoms with E-state index in [4.69, 9.17) is 15.0 Å². The summed E-state index contributed by atoms with van der Waals surface area (Å²) in [5.74, 6) is 1.82. The van der Waals surface area contributed by atoms with Gasteiger partial charge in [-0.3, -0.25) is 19.6 Å². The zero-order valence-corrected chi connectivity index (χ0v) is 18.1. The molecule has 2 fully saturated rings. The quantitative estimate of drug-likeness (QED) is 0.360. The van der Waals surface area contributed by atoms with Crippen LogP contribution in [-0.2, 0) is 22.6 Å². The highest BCUT2D eigenvalue weighted by Crippen LogP contribution is 2.68. The Kier molecular flexibility index (Phi) is 7.94. The molecule has 1 spiro atoms. The Balaban J connectivity index is 0.000000913. The van der Waals surface area contributed by atoms with Crippen molar-refractivity contribution in [3.63, 3.8) is 0 Å². The first kappa shape index (κ1) is 23.8. The summed E-state index contributed by atoms with van der Waals surface area (Å²) in [6, 6.07) is 10.2. The third-order valence-electron chi connectivity index (χ3n) is 6.40. The predicted molar refractivity (Wildman–Crippen MR) is 116 cm³/mol. The van der Waals surface area contributed by atoms with E-state index in [9.17, 15) is 9.90 Å². The van der Waals surface area contributed by atoms with Gasteiger partial charge in [0.05, 0.1) is 19.3 Å². The zero-order chi connectivity index (χ0) is 23.1. The van der Waals surface area contributed by atoms with Gasteiger partial charge >= 0.3 is 0 Å². The molecule has 0 radical (unpaired) electrons. The SMILES string of the molecule is CCc1n[nH]c(CN2C[C@H](O)[C@@]3(C2)[C@H](CNC(=O)CCO)[C@H]3c2ccccc2)n1.O=CO. The number of carbonyl (C=O) groups excluding carboxylic acids is 1. The second kappa shape index (κ2) is 10.7. The van der Waals surface area contributed by atoms with Crippen LogP contribution in [0.4, 0.5) is 0 Å². The molecule has 0 bridgehead atoms. The standard InChI is InChI=1S/C21H29N5O3.CH2O2/c1-2-17-23-18(25-24-17)12-26-11-16(28)21(13-26)15(10-22-19(29)8-9-27)20(21)14-6-4-3-5-7-14;2-1-3/h3-7,15-16,20,27-28H,2,8-13H2,1H3,(H,22,29)(H,23,24,25);1H,(H,2,3)/t15-,16+,20-,21-;/m1./s1. The Morgan fingerprint density at radius 3 is 2.72 bits per heavy atom. The van der Waals surface area contributed by atoms with Crippen molar-refractivity contribution in [2.45, 2.75) is 38.3 Å². The van der Waals surface area contributed by atoms with Crippen molar-refractivity contribution in [1.29, 1.82) is 0 Å². The Bertz CT molecular complexity index is 892. The van der Waals surface area contributed by atoms with E-state index >= 15 is 0 Å². The fourth-order valence-electron chi connectivity index (χ4n) is 5.00. The maximum Gasteiger partial charge on any atom is 0.290 e. The number of aliphatic hydroxyl groups excluding tert-OH is 2. The van der Waals surface area contributed by atoms with Gasteiger partial charge in [-0.05, 0) is 17.4 Å². The van der Waals surface area contributed by atoms with E-state index in [0.717, 1.165) is 24.6 Å². The number of carbonyl (C=O) groups is 2. The van der Waals surface area contributed by atoms with E-state index in [0.29, 0.717) is 19.6 Å². The third kappa shape index (κ3) is 4.98. The smallest absolute Gasteiger partial charge is 0.290 e. The highest BCUT2D eigenvalue weighted by Gasteiger charge is 2.70. The topological polar surface area (TPSA) is 152 Å². The number of carboxylic acid groups (broad SMARTS) is 1. The normalized spacial score (nSPS) is 26.4. The molecule has 5 N–H and O–H groups in total. The van der Waals surface area contributed by atoms with Crippen molar-refractivity contribution >= 4 is 12.4 Å². The number of nitrogens with zero attached hydrogens (tertiary/aromatic N) is 3.